The Morgan fingerprint density at radius 3 is 2.61 bits per heavy atom. The highest BCUT2D eigenvalue weighted by Crippen LogP contribution is 2.36. The van der Waals surface area contributed by atoms with E-state index < -0.39 is 0 Å². The van der Waals surface area contributed by atoms with Crippen LogP contribution in [0.3, 0.4) is 0 Å². The molecule has 0 amide bonds. The van der Waals surface area contributed by atoms with E-state index in [2.05, 4.69) is 11.9 Å². The molecule has 0 fully saturated rings. The number of aromatic nitrogens is 1. The maximum Gasteiger partial charge on any atom is 0.305 e. The van der Waals surface area contributed by atoms with Gasteiger partial charge in [0.15, 0.2) is 0 Å². The third kappa shape index (κ3) is 4.95. The first-order valence-electron chi connectivity index (χ1n) is 7.45. The quantitative estimate of drug-likeness (QED) is 0.669. The second kappa shape index (κ2) is 8.32. The Balaban J connectivity index is 2.28. The van der Waals surface area contributed by atoms with Gasteiger partial charge in [-0.05, 0) is 42.2 Å². The van der Waals surface area contributed by atoms with Gasteiger partial charge in [-0.1, -0.05) is 42.3 Å². The summed E-state index contributed by atoms with van der Waals surface area (Å²) in [5.41, 5.74) is 2.02. The Morgan fingerprint density at radius 2 is 2.00 bits per heavy atom. The molecule has 0 N–H and O–H groups in total. The fraction of sp³-hybridized carbons (Fsp3) is 0.333. The van der Waals surface area contributed by atoms with E-state index in [0.717, 1.165) is 11.3 Å². The molecule has 0 unspecified atom stereocenters. The highest BCUT2D eigenvalue weighted by molar-refractivity contribution is 6.30. The van der Waals surface area contributed by atoms with Crippen LogP contribution in [0, 0.1) is 0 Å². The number of methoxy groups -OCH3 is 1. The molecule has 3 nitrogen and oxygen atoms in total. The third-order valence-corrected chi connectivity index (χ3v) is 4.44. The van der Waals surface area contributed by atoms with Crippen LogP contribution in [-0.4, -0.2) is 18.1 Å². The van der Waals surface area contributed by atoms with Gasteiger partial charge in [0.25, 0.3) is 0 Å². The maximum absolute atomic E-state index is 11.5. The van der Waals surface area contributed by atoms with E-state index in [1.807, 2.05) is 36.4 Å². The number of carbonyl (C=O) groups is 1. The zero-order valence-corrected chi connectivity index (χ0v) is 14.6. The number of pyridine rings is 1. The molecule has 1 aromatic carbocycles. The lowest BCUT2D eigenvalue weighted by molar-refractivity contribution is -0.140. The molecule has 2 atom stereocenters. The molecule has 0 aliphatic rings. The predicted octanol–water partition coefficient (Wildman–Crippen LogP) is 5.23. The van der Waals surface area contributed by atoms with Crippen LogP contribution in [0.4, 0.5) is 0 Å². The molecule has 23 heavy (non-hydrogen) atoms. The van der Waals surface area contributed by atoms with Crippen LogP contribution in [0.5, 0.6) is 0 Å². The molecule has 1 heterocycles. The molecule has 5 heteroatoms. The van der Waals surface area contributed by atoms with Crippen LogP contribution in [-0.2, 0) is 9.53 Å². The van der Waals surface area contributed by atoms with Crippen molar-refractivity contribution in [1.82, 2.24) is 4.98 Å². The van der Waals surface area contributed by atoms with E-state index in [1.54, 1.807) is 6.20 Å². The van der Waals surface area contributed by atoms with E-state index in [4.69, 9.17) is 27.9 Å². The van der Waals surface area contributed by atoms with Gasteiger partial charge in [0.2, 0.25) is 0 Å². The van der Waals surface area contributed by atoms with Gasteiger partial charge in [0.05, 0.1) is 12.1 Å². The average Bonchev–Trinajstić information content (AvgIpc) is 2.55. The molecular weight excluding hydrogens is 333 g/mol. The molecule has 0 aliphatic carbocycles. The fourth-order valence-corrected chi connectivity index (χ4v) is 2.99. The van der Waals surface area contributed by atoms with Crippen LogP contribution in [0.25, 0.3) is 0 Å². The van der Waals surface area contributed by atoms with Crippen LogP contribution in [0.2, 0.25) is 10.0 Å². The van der Waals surface area contributed by atoms with Crippen molar-refractivity contribution in [2.24, 2.45) is 0 Å². The van der Waals surface area contributed by atoms with E-state index in [9.17, 15) is 4.79 Å². The Bertz CT molecular complexity index is 658. The lowest BCUT2D eigenvalue weighted by Gasteiger charge is -2.24. The summed E-state index contributed by atoms with van der Waals surface area (Å²) in [5.74, 6) is 0.0187. The summed E-state index contributed by atoms with van der Waals surface area (Å²) in [6, 6.07) is 11.5. The van der Waals surface area contributed by atoms with Gasteiger partial charge in [-0.2, -0.15) is 0 Å². The summed E-state index contributed by atoms with van der Waals surface area (Å²) in [4.78, 5) is 16.0. The molecular formula is C18H19Cl2NO2. The molecule has 122 valence electrons. The molecule has 0 saturated carbocycles. The lowest BCUT2D eigenvalue weighted by atomic mass is 9.82. The van der Waals surface area contributed by atoms with Crippen molar-refractivity contribution in [3.05, 3.63) is 63.9 Å². The van der Waals surface area contributed by atoms with Crippen molar-refractivity contribution in [3.63, 3.8) is 0 Å². The minimum Gasteiger partial charge on any atom is -0.469 e. The van der Waals surface area contributed by atoms with Crippen LogP contribution in [0.1, 0.15) is 42.9 Å². The monoisotopic (exact) mass is 351 g/mol. The highest BCUT2D eigenvalue weighted by atomic mass is 35.5. The predicted molar refractivity (Wildman–Crippen MR) is 93.1 cm³/mol. The third-order valence-electron chi connectivity index (χ3n) is 3.98. The summed E-state index contributed by atoms with van der Waals surface area (Å²) >= 11 is 12.0. The molecule has 0 aliphatic heterocycles. The van der Waals surface area contributed by atoms with Crippen LogP contribution in [0.15, 0.2) is 42.6 Å². The number of esters is 1. The number of carbonyl (C=O) groups excluding carboxylic acids is 1. The van der Waals surface area contributed by atoms with Crippen molar-refractivity contribution < 1.29 is 9.53 Å². The largest absolute Gasteiger partial charge is 0.469 e. The summed E-state index contributed by atoms with van der Waals surface area (Å²) in [5, 5.41) is 1.29. The SMILES string of the molecule is COC(=O)CC[C@@H](c1cccc(Cl)c1)[C@H](C)c1ccc(Cl)cn1. The van der Waals surface area contributed by atoms with Crippen molar-refractivity contribution in [1.29, 1.82) is 0 Å². The topological polar surface area (TPSA) is 39.2 Å². The first-order valence-corrected chi connectivity index (χ1v) is 8.20. The van der Waals surface area contributed by atoms with Crippen molar-refractivity contribution >= 4 is 29.2 Å². The molecule has 2 aromatic rings. The van der Waals surface area contributed by atoms with Gasteiger partial charge in [-0.25, -0.2) is 0 Å². The van der Waals surface area contributed by atoms with Gasteiger partial charge < -0.3 is 4.74 Å². The Kier molecular flexibility index (Phi) is 6.43. The van der Waals surface area contributed by atoms with Gasteiger partial charge in [0.1, 0.15) is 0 Å². The minimum absolute atomic E-state index is 0.112. The normalized spacial score (nSPS) is 13.4. The number of ether oxygens (including phenoxy) is 1. The standard InChI is InChI=1S/C18H19Cl2NO2/c1-12(17-8-6-15(20)11-21-17)16(7-9-18(22)23-2)13-4-3-5-14(19)10-13/h3-6,8,10-12,16H,7,9H2,1-2H3/t12-,16+/m0/s1. The van der Waals surface area contributed by atoms with Crippen LogP contribution >= 0.6 is 23.2 Å². The number of halogens is 2. The van der Waals surface area contributed by atoms with Gasteiger partial charge in [-0.15, -0.1) is 0 Å². The molecule has 0 spiro atoms. The second-order valence-electron chi connectivity index (χ2n) is 5.47. The summed E-state index contributed by atoms with van der Waals surface area (Å²) in [7, 11) is 1.40. The molecule has 0 saturated heterocycles. The second-order valence-corrected chi connectivity index (χ2v) is 6.34. The van der Waals surface area contributed by atoms with Crippen molar-refractivity contribution in [2.45, 2.75) is 31.6 Å². The van der Waals surface area contributed by atoms with Crippen molar-refractivity contribution in [2.75, 3.05) is 7.11 Å². The van der Waals surface area contributed by atoms with Gasteiger partial charge in [-0.3, -0.25) is 9.78 Å². The lowest BCUT2D eigenvalue weighted by Crippen LogP contribution is -2.12. The van der Waals surface area contributed by atoms with Crippen LogP contribution < -0.4 is 0 Å². The van der Waals surface area contributed by atoms with Gasteiger partial charge >= 0.3 is 5.97 Å². The first-order chi connectivity index (χ1) is 11.0. The minimum atomic E-state index is -0.215. The zero-order valence-electron chi connectivity index (χ0n) is 13.1. The molecule has 0 bridgehead atoms. The molecule has 2 rings (SSSR count). The number of hydrogen-bond acceptors (Lipinski definition) is 3. The Morgan fingerprint density at radius 1 is 1.22 bits per heavy atom. The molecule has 1 aromatic heterocycles. The number of rotatable bonds is 6. The molecule has 0 radical (unpaired) electrons. The maximum atomic E-state index is 11.5. The van der Waals surface area contributed by atoms with E-state index in [1.165, 1.54) is 7.11 Å². The summed E-state index contributed by atoms with van der Waals surface area (Å²) in [6.07, 6.45) is 2.66. The summed E-state index contributed by atoms with van der Waals surface area (Å²) in [6.45, 7) is 2.10. The van der Waals surface area contributed by atoms with E-state index in [-0.39, 0.29) is 17.8 Å². The van der Waals surface area contributed by atoms with Crippen molar-refractivity contribution in [3.8, 4) is 0 Å². The average molecular weight is 352 g/mol. The summed E-state index contributed by atoms with van der Waals surface area (Å²) < 4.78 is 4.76. The van der Waals surface area contributed by atoms with Gasteiger partial charge in [0, 0.05) is 29.3 Å². The Labute approximate surface area is 146 Å². The smallest absolute Gasteiger partial charge is 0.305 e. The fourth-order valence-electron chi connectivity index (χ4n) is 2.68. The zero-order chi connectivity index (χ0) is 16.8. The first kappa shape index (κ1) is 17.8. The number of nitrogens with zero attached hydrogens (tertiary/aromatic N) is 1. The highest BCUT2D eigenvalue weighted by Gasteiger charge is 2.23. The number of benzene rings is 1. The Hall–Kier alpha value is -1.58. The van der Waals surface area contributed by atoms with E-state index >= 15 is 0 Å². The number of hydrogen-bond donors (Lipinski definition) is 0. The van der Waals surface area contributed by atoms with E-state index in [0.29, 0.717) is 22.9 Å².